The van der Waals surface area contributed by atoms with Crippen molar-refractivity contribution in [2.24, 2.45) is 0 Å². The molecule has 1 saturated heterocycles. The number of anilines is 2. The van der Waals surface area contributed by atoms with Crippen LogP contribution in [0.2, 0.25) is 5.02 Å². The number of nitrogens with zero attached hydrogens (tertiary/aromatic N) is 3. The molecule has 8 nitrogen and oxygen atoms in total. The Morgan fingerprint density at radius 2 is 1.73 bits per heavy atom. The smallest absolute Gasteiger partial charge is 0.269 e. The summed E-state index contributed by atoms with van der Waals surface area (Å²) in [6, 6.07) is 9.00. The Bertz CT molecular complexity index is 1050. The van der Waals surface area contributed by atoms with Crippen LogP contribution in [-0.2, 0) is 10.2 Å². The van der Waals surface area contributed by atoms with Crippen molar-refractivity contribution >= 4 is 40.4 Å². The van der Waals surface area contributed by atoms with Crippen molar-refractivity contribution in [2.45, 2.75) is 12.3 Å². The maximum absolute atomic E-state index is 13.4. The molecule has 0 spiro atoms. The molecule has 30 heavy (non-hydrogen) atoms. The van der Waals surface area contributed by atoms with Crippen LogP contribution in [0, 0.1) is 10.1 Å². The lowest BCUT2D eigenvalue weighted by atomic mass is 9.73. The number of nitro groups is 1. The predicted octanol–water partition coefficient (Wildman–Crippen LogP) is 3.09. The molecule has 4 rings (SSSR count). The summed E-state index contributed by atoms with van der Waals surface area (Å²) >= 11 is 6.52. The lowest BCUT2D eigenvalue weighted by Crippen LogP contribution is -2.48. The van der Waals surface area contributed by atoms with E-state index in [4.69, 9.17) is 11.6 Å². The maximum atomic E-state index is 13.4. The minimum Gasteiger partial charge on any atom is -0.369 e. The van der Waals surface area contributed by atoms with Crippen LogP contribution in [0.3, 0.4) is 0 Å². The predicted molar refractivity (Wildman–Crippen MR) is 115 cm³/mol. The number of likely N-dealkylation sites (N-methyl/N-ethyl adjacent to an activating group) is 1. The summed E-state index contributed by atoms with van der Waals surface area (Å²) in [5, 5.41) is 14.0. The van der Waals surface area contributed by atoms with Crippen LogP contribution >= 0.6 is 11.6 Å². The molecule has 0 saturated carbocycles. The van der Waals surface area contributed by atoms with Crippen LogP contribution in [0.1, 0.15) is 22.8 Å². The number of non-ortho nitro benzene ring substituents is 1. The molecule has 0 aromatic heterocycles. The number of benzene rings is 2. The summed E-state index contributed by atoms with van der Waals surface area (Å²) in [5.41, 5.74) is 0.252. The Hall–Kier alpha value is -2.97. The van der Waals surface area contributed by atoms with E-state index in [0.717, 1.165) is 31.9 Å². The van der Waals surface area contributed by atoms with Crippen LogP contribution in [-0.4, -0.2) is 54.7 Å². The third-order valence-corrected chi connectivity index (χ3v) is 6.28. The zero-order valence-electron chi connectivity index (χ0n) is 16.6. The molecule has 156 valence electrons. The highest BCUT2D eigenvalue weighted by Crippen LogP contribution is 2.42. The highest BCUT2D eigenvalue weighted by atomic mass is 35.5. The molecule has 9 heteroatoms. The molecular formula is C21H21ClN4O4. The second-order valence-corrected chi connectivity index (χ2v) is 8.26. The molecule has 1 unspecified atom stereocenters. The highest BCUT2D eigenvalue weighted by Gasteiger charge is 2.48. The number of nitrogens with one attached hydrogen (secondary N) is 1. The fourth-order valence-electron chi connectivity index (χ4n) is 3.95. The first kappa shape index (κ1) is 20.3. The molecule has 1 amide bonds. The minimum atomic E-state index is -1.53. The van der Waals surface area contributed by atoms with Crippen molar-refractivity contribution in [3.8, 4) is 0 Å². The summed E-state index contributed by atoms with van der Waals surface area (Å²) in [4.78, 5) is 41.2. The van der Waals surface area contributed by atoms with Crippen molar-refractivity contribution < 1.29 is 14.5 Å². The number of ketones is 1. The number of carbonyl (C=O) groups excluding carboxylic acids is 2. The molecule has 2 aromatic carbocycles. The molecule has 0 radical (unpaired) electrons. The zero-order valence-corrected chi connectivity index (χ0v) is 17.4. The molecule has 2 heterocycles. The normalized spacial score (nSPS) is 21.9. The van der Waals surface area contributed by atoms with Gasteiger partial charge in [-0.15, -0.1) is 0 Å². The topological polar surface area (TPSA) is 95.8 Å². The lowest BCUT2D eigenvalue weighted by Gasteiger charge is -2.36. The van der Waals surface area contributed by atoms with E-state index in [0.29, 0.717) is 11.3 Å². The van der Waals surface area contributed by atoms with Crippen molar-refractivity contribution in [1.29, 1.82) is 0 Å². The Morgan fingerprint density at radius 1 is 1.10 bits per heavy atom. The van der Waals surface area contributed by atoms with Crippen LogP contribution in [0.15, 0.2) is 36.4 Å². The first-order valence-electron chi connectivity index (χ1n) is 9.60. The van der Waals surface area contributed by atoms with E-state index in [1.807, 2.05) is 0 Å². The number of rotatable bonds is 3. The van der Waals surface area contributed by atoms with E-state index in [1.54, 1.807) is 12.1 Å². The van der Waals surface area contributed by atoms with Crippen molar-refractivity contribution in [3.63, 3.8) is 0 Å². The second-order valence-electron chi connectivity index (χ2n) is 7.85. The molecule has 1 fully saturated rings. The number of hydrogen-bond donors (Lipinski definition) is 1. The van der Waals surface area contributed by atoms with Crippen molar-refractivity contribution in [3.05, 3.63) is 62.7 Å². The Labute approximate surface area is 178 Å². The molecule has 2 aliphatic heterocycles. The number of nitro benzene ring substituents is 1. The van der Waals surface area contributed by atoms with Crippen LogP contribution in [0.25, 0.3) is 0 Å². The molecule has 1 atom stereocenters. The number of fused-ring (bicyclic) bond motifs is 1. The summed E-state index contributed by atoms with van der Waals surface area (Å²) < 4.78 is 0. The quantitative estimate of drug-likeness (QED) is 0.458. The van der Waals surface area contributed by atoms with Gasteiger partial charge in [0.05, 0.1) is 21.2 Å². The van der Waals surface area contributed by atoms with Gasteiger partial charge in [-0.25, -0.2) is 0 Å². The van der Waals surface area contributed by atoms with Gasteiger partial charge in [0.15, 0.2) is 5.78 Å². The Balaban J connectivity index is 1.72. The van der Waals surface area contributed by atoms with Crippen LogP contribution in [0.4, 0.5) is 17.1 Å². The number of hydrogen-bond acceptors (Lipinski definition) is 6. The van der Waals surface area contributed by atoms with E-state index in [1.165, 1.54) is 31.2 Å². The van der Waals surface area contributed by atoms with E-state index in [-0.39, 0.29) is 16.3 Å². The summed E-state index contributed by atoms with van der Waals surface area (Å²) in [6.45, 7) is 5.00. The first-order valence-corrected chi connectivity index (χ1v) is 9.98. The Morgan fingerprint density at radius 3 is 2.33 bits per heavy atom. The van der Waals surface area contributed by atoms with Gasteiger partial charge < -0.3 is 15.1 Å². The van der Waals surface area contributed by atoms with Gasteiger partial charge in [0.2, 0.25) is 5.91 Å². The van der Waals surface area contributed by atoms with Crippen molar-refractivity contribution in [2.75, 3.05) is 43.4 Å². The largest absolute Gasteiger partial charge is 0.369 e. The van der Waals surface area contributed by atoms with Gasteiger partial charge >= 0.3 is 0 Å². The van der Waals surface area contributed by atoms with Gasteiger partial charge in [-0.05, 0) is 31.7 Å². The standard InChI is InChI=1S/C21H21ClN4O4/c1-21(13-3-5-14(6-4-13)26(29)30)19(27)18-16(22)11-15(12-17(18)23-20(21)28)25-9-7-24(2)8-10-25/h3-6,11-12H,7-10H2,1-2H3,(H,23,28). The summed E-state index contributed by atoms with van der Waals surface area (Å²) in [6.07, 6.45) is 0. The molecule has 0 bridgehead atoms. The number of amides is 1. The average molecular weight is 429 g/mol. The van der Waals surface area contributed by atoms with Gasteiger partial charge in [0, 0.05) is 44.0 Å². The fourth-order valence-corrected chi connectivity index (χ4v) is 4.25. The van der Waals surface area contributed by atoms with Gasteiger partial charge in [-0.1, -0.05) is 23.7 Å². The lowest BCUT2D eigenvalue weighted by molar-refractivity contribution is -0.384. The highest BCUT2D eigenvalue weighted by molar-refractivity contribution is 6.39. The fraction of sp³-hybridized carbons (Fsp3) is 0.333. The summed E-state index contributed by atoms with van der Waals surface area (Å²) in [7, 11) is 2.06. The molecule has 2 aliphatic rings. The van der Waals surface area contributed by atoms with Crippen LogP contribution < -0.4 is 10.2 Å². The number of carbonyl (C=O) groups is 2. The Kier molecular flexibility index (Phi) is 4.99. The third-order valence-electron chi connectivity index (χ3n) is 5.98. The van der Waals surface area contributed by atoms with Crippen LogP contribution in [0.5, 0.6) is 0 Å². The maximum Gasteiger partial charge on any atom is 0.269 e. The molecule has 2 aromatic rings. The zero-order chi connectivity index (χ0) is 21.6. The van der Waals surface area contributed by atoms with E-state index >= 15 is 0 Å². The third kappa shape index (κ3) is 3.22. The van der Waals surface area contributed by atoms with E-state index in [2.05, 4.69) is 22.2 Å². The van der Waals surface area contributed by atoms with Crippen molar-refractivity contribution in [1.82, 2.24) is 4.90 Å². The monoisotopic (exact) mass is 428 g/mol. The minimum absolute atomic E-state index is 0.110. The van der Waals surface area contributed by atoms with Gasteiger partial charge in [-0.3, -0.25) is 19.7 Å². The molecule has 0 aliphatic carbocycles. The summed E-state index contributed by atoms with van der Waals surface area (Å²) in [5.74, 6) is -0.912. The molecular weight excluding hydrogens is 408 g/mol. The number of piperazine rings is 1. The number of Topliss-reactive ketones (excluding diaryl/α,β-unsaturated/α-hetero) is 1. The second kappa shape index (κ2) is 7.37. The van der Waals surface area contributed by atoms with Gasteiger partial charge in [-0.2, -0.15) is 0 Å². The van der Waals surface area contributed by atoms with Gasteiger partial charge in [0.1, 0.15) is 5.41 Å². The van der Waals surface area contributed by atoms with Gasteiger partial charge in [0.25, 0.3) is 5.69 Å². The number of halogens is 1. The first-order chi connectivity index (χ1) is 14.2. The molecule has 1 N–H and O–H groups in total. The van der Waals surface area contributed by atoms with E-state index in [9.17, 15) is 19.7 Å². The van der Waals surface area contributed by atoms with E-state index < -0.39 is 22.0 Å². The average Bonchev–Trinajstić information content (AvgIpc) is 2.72. The SMILES string of the molecule is CN1CCN(c2cc(Cl)c3c(c2)NC(=O)C(C)(c2ccc([N+](=O)[O-])cc2)C3=O)CC1.